The van der Waals surface area contributed by atoms with Gasteiger partial charge in [-0.05, 0) is 48.4 Å². The van der Waals surface area contributed by atoms with E-state index in [4.69, 9.17) is 0 Å². The van der Waals surface area contributed by atoms with Crippen LogP contribution in [-0.4, -0.2) is 0 Å². The van der Waals surface area contributed by atoms with Gasteiger partial charge in [-0.2, -0.15) is 5.26 Å². The summed E-state index contributed by atoms with van der Waals surface area (Å²) in [4.78, 5) is 0. The van der Waals surface area contributed by atoms with Gasteiger partial charge in [-0.3, -0.25) is 0 Å². The number of nitriles is 1. The number of rotatable bonds is 3. The van der Waals surface area contributed by atoms with Crippen molar-refractivity contribution in [2.24, 2.45) is 0 Å². The normalized spacial score (nSPS) is 11.7. The highest BCUT2D eigenvalue weighted by Crippen LogP contribution is 2.23. The van der Waals surface area contributed by atoms with Gasteiger partial charge in [0, 0.05) is 5.69 Å². The van der Waals surface area contributed by atoms with Crippen LogP contribution in [0, 0.1) is 29.9 Å². The van der Waals surface area contributed by atoms with Crippen molar-refractivity contribution in [2.75, 3.05) is 5.32 Å². The Morgan fingerprint density at radius 1 is 1.11 bits per heavy atom. The van der Waals surface area contributed by atoms with Gasteiger partial charge in [-0.25, -0.2) is 8.78 Å². The van der Waals surface area contributed by atoms with Gasteiger partial charge in [-0.15, -0.1) is 0 Å². The minimum Gasteiger partial charge on any atom is -0.366 e. The Balaban J connectivity index is 2.28. The number of aryl methyl sites for hydroxylation is 1. The van der Waals surface area contributed by atoms with Crippen molar-refractivity contribution in [3.8, 4) is 6.07 Å². The summed E-state index contributed by atoms with van der Waals surface area (Å²) >= 11 is 0. The summed E-state index contributed by atoms with van der Waals surface area (Å²) in [5, 5.41) is 12.1. The molecule has 0 aromatic heterocycles. The summed E-state index contributed by atoms with van der Waals surface area (Å²) in [5.41, 5.74) is 1.86. The molecule has 96 valence electrons. The summed E-state index contributed by atoms with van der Waals surface area (Å²) < 4.78 is 26.1. The molecular weight excluding hydrogens is 246 g/mol. The molecule has 0 aliphatic carbocycles. The minimum absolute atomic E-state index is 0.344. The number of hydrogen-bond acceptors (Lipinski definition) is 2. The number of anilines is 1. The molecule has 4 heteroatoms. The van der Waals surface area contributed by atoms with Gasteiger partial charge in [0.05, 0.1) is 6.07 Å². The first kappa shape index (κ1) is 13.0. The molecule has 2 nitrogen and oxygen atoms in total. The maximum Gasteiger partial charge on any atom is 0.140 e. The minimum atomic E-state index is -0.651. The average molecular weight is 258 g/mol. The quantitative estimate of drug-likeness (QED) is 0.904. The fourth-order valence-electron chi connectivity index (χ4n) is 1.89. The molecule has 0 amide bonds. The molecule has 0 heterocycles. The maximum absolute atomic E-state index is 13.1. The van der Waals surface area contributed by atoms with Gasteiger partial charge in [-0.1, -0.05) is 12.1 Å². The Labute approximate surface area is 110 Å². The second-order valence-corrected chi connectivity index (χ2v) is 4.22. The van der Waals surface area contributed by atoms with Crippen molar-refractivity contribution in [2.45, 2.75) is 13.0 Å². The monoisotopic (exact) mass is 258 g/mol. The van der Waals surface area contributed by atoms with Crippen LogP contribution in [-0.2, 0) is 0 Å². The predicted molar refractivity (Wildman–Crippen MR) is 69.5 cm³/mol. The fraction of sp³-hybridized carbons (Fsp3) is 0.133. The number of benzene rings is 2. The first-order valence-corrected chi connectivity index (χ1v) is 5.78. The van der Waals surface area contributed by atoms with Crippen molar-refractivity contribution in [3.63, 3.8) is 0 Å². The van der Waals surface area contributed by atoms with Crippen LogP contribution in [0.1, 0.15) is 17.2 Å². The number of nitrogens with zero attached hydrogens (tertiary/aromatic N) is 1. The lowest BCUT2D eigenvalue weighted by atomic mass is 10.0. The van der Waals surface area contributed by atoms with Gasteiger partial charge in [0.25, 0.3) is 0 Å². The molecule has 0 saturated carbocycles. The zero-order valence-electron chi connectivity index (χ0n) is 10.3. The molecule has 2 rings (SSSR count). The second-order valence-electron chi connectivity index (χ2n) is 4.22. The molecule has 1 N–H and O–H groups in total. The molecule has 0 aliphatic rings. The van der Waals surface area contributed by atoms with E-state index in [1.54, 1.807) is 25.1 Å². The van der Waals surface area contributed by atoms with E-state index in [1.165, 1.54) is 24.3 Å². The lowest BCUT2D eigenvalue weighted by molar-refractivity contribution is 0.625. The summed E-state index contributed by atoms with van der Waals surface area (Å²) in [6, 6.07) is 11.5. The standard InChI is InChI=1S/C15H12F2N2/c1-10-7-12(17)5-6-14(10)15(9-18)19-13-4-2-3-11(16)8-13/h2-8,15,19H,1H3. The lowest BCUT2D eigenvalue weighted by Gasteiger charge is -2.15. The lowest BCUT2D eigenvalue weighted by Crippen LogP contribution is -2.10. The second kappa shape index (κ2) is 5.49. The van der Waals surface area contributed by atoms with Crippen LogP contribution in [0.5, 0.6) is 0 Å². The van der Waals surface area contributed by atoms with Gasteiger partial charge in [0.1, 0.15) is 17.7 Å². The topological polar surface area (TPSA) is 35.8 Å². The van der Waals surface area contributed by atoms with Crippen molar-refractivity contribution in [3.05, 3.63) is 65.2 Å². The number of halogens is 2. The Morgan fingerprint density at radius 2 is 1.84 bits per heavy atom. The van der Waals surface area contributed by atoms with Crippen LogP contribution < -0.4 is 5.32 Å². The van der Waals surface area contributed by atoms with Gasteiger partial charge in [0.2, 0.25) is 0 Å². The highest BCUT2D eigenvalue weighted by atomic mass is 19.1. The van der Waals surface area contributed by atoms with Gasteiger partial charge < -0.3 is 5.32 Å². The Hall–Kier alpha value is -2.41. The predicted octanol–water partition coefficient (Wildman–Crippen LogP) is 3.95. The SMILES string of the molecule is Cc1cc(F)ccc1C(C#N)Nc1cccc(F)c1. The van der Waals surface area contributed by atoms with E-state index in [-0.39, 0.29) is 11.6 Å². The summed E-state index contributed by atoms with van der Waals surface area (Å²) in [6.07, 6.45) is 0. The zero-order valence-corrected chi connectivity index (χ0v) is 10.3. The molecule has 1 atom stereocenters. The maximum atomic E-state index is 13.1. The van der Waals surface area contributed by atoms with Crippen LogP contribution in [0.2, 0.25) is 0 Å². The molecule has 19 heavy (non-hydrogen) atoms. The van der Waals surface area contributed by atoms with E-state index < -0.39 is 6.04 Å². The van der Waals surface area contributed by atoms with Crippen molar-refractivity contribution in [1.82, 2.24) is 0 Å². The van der Waals surface area contributed by atoms with E-state index in [9.17, 15) is 14.0 Å². The van der Waals surface area contributed by atoms with Crippen molar-refractivity contribution < 1.29 is 8.78 Å². The van der Waals surface area contributed by atoms with E-state index in [1.807, 2.05) is 0 Å². The molecule has 0 fully saturated rings. The first-order valence-electron chi connectivity index (χ1n) is 5.78. The Kier molecular flexibility index (Phi) is 3.76. The summed E-state index contributed by atoms with van der Waals surface area (Å²) in [5.74, 6) is -0.721. The summed E-state index contributed by atoms with van der Waals surface area (Å²) in [7, 11) is 0. The van der Waals surface area contributed by atoms with Gasteiger partial charge in [0.15, 0.2) is 0 Å². The Morgan fingerprint density at radius 3 is 2.47 bits per heavy atom. The average Bonchev–Trinajstić information content (AvgIpc) is 2.37. The molecule has 2 aromatic rings. The molecule has 0 spiro atoms. The molecule has 2 aromatic carbocycles. The van der Waals surface area contributed by atoms with Crippen molar-refractivity contribution >= 4 is 5.69 Å². The molecule has 0 aliphatic heterocycles. The van der Waals surface area contributed by atoms with Crippen LogP contribution in [0.25, 0.3) is 0 Å². The van der Waals surface area contributed by atoms with Gasteiger partial charge >= 0.3 is 0 Å². The van der Waals surface area contributed by atoms with E-state index in [0.29, 0.717) is 16.8 Å². The fourth-order valence-corrected chi connectivity index (χ4v) is 1.89. The largest absolute Gasteiger partial charge is 0.366 e. The molecule has 1 unspecified atom stereocenters. The summed E-state index contributed by atoms with van der Waals surface area (Å²) in [6.45, 7) is 1.73. The van der Waals surface area contributed by atoms with E-state index in [0.717, 1.165) is 0 Å². The third-order valence-corrected chi connectivity index (χ3v) is 2.81. The Bertz CT molecular complexity index is 632. The smallest absolute Gasteiger partial charge is 0.140 e. The number of nitrogens with one attached hydrogen (secondary N) is 1. The highest BCUT2D eigenvalue weighted by molar-refractivity contribution is 5.48. The molecule has 0 bridgehead atoms. The third kappa shape index (κ3) is 3.08. The third-order valence-electron chi connectivity index (χ3n) is 2.81. The number of hydrogen-bond donors (Lipinski definition) is 1. The van der Waals surface area contributed by atoms with Crippen LogP contribution in [0.15, 0.2) is 42.5 Å². The van der Waals surface area contributed by atoms with Crippen LogP contribution in [0.3, 0.4) is 0 Å². The van der Waals surface area contributed by atoms with E-state index in [2.05, 4.69) is 11.4 Å². The highest BCUT2D eigenvalue weighted by Gasteiger charge is 2.13. The van der Waals surface area contributed by atoms with Crippen LogP contribution >= 0.6 is 0 Å². The van der Waals surface area contributed by atoms with E-state index >= 15 is 0 Å². The van der Waals surface area contributed by atoms with Crippen LogP contribution in [0.4, 0.5) is 14.5 Å². The molecule has 0 saturated heterocycles. The molecule has 0 radical (unpaired) electrons. The molecular formula is C15H12F2N2. The van der Waals surface area contributed by atoms with Crippen molar-refractivity contribution in [1.29, 1.82) is 5.26 Å². The first-order chi connectivity index (χ1) is 9.10. The zero-order chi connectivity index (χ0) is 13.8.